The molecule has 3 N–H and O–H groups in total. The maximum Gasteiger partial charge on any atom is 0.404 e. The van der Waals surface area contributed by atoms with Gasteiger partial charge in [0.15, 0.2) is 19.9 Å². The second-order valence-corrected chi connectivity index (χ2v) is 12.8. The van der Waals surface area contributed by atoms with Crippen LogP contribution in [0.15, 0.2) is 18.2 Å². The van der Waals surface area contributed by atoms with Gasteiger partial charge in [0, 0.05) is 0 Å². The number of alkyl halides is 2. The van der Waals surface area contributed by atoms with Crippen LogP contribution < -0.4 is 10.1 Å². The molecule has 1 rings (SSSR count). The van der Waals surface area contributed by atoms with Crippen LogP contribution in [-0.4, -0.2) is 50.0 Å². The van der Waals surface area contributed by atoms with Crippen molar-refractivity contribution in [3.63, 3.8) is 0 Å². The Labute approximate surface area is 163 Å². The van der Waals surface area contributed by atoms with Gasteiger partial charge in [-0.25, -0.2) is 9.18 Å². The minimum absolute atomic E-state index is 0.00791. The van der Waals surface area contributed by atoms with E-state index in [4.69, 9.17) is 9.53 Å². The predicted octanol–water partition coefficient (Wildman–Crippen LogP) is 3.99. The van der Waals surface area contributed by atoms with Crippen LogP contribution in [0.25, 0.3) is 0 Å². The molecule has 28 heavy (non-hydrogen) atoms. The van der Waals surface area contributed by atoms with E-state index in [0.717, 1.165) is 12.1 Å². The lowest BCUT2D eigenvalue weighted by atomic mass is 10.0. The first-order chi connectivity index (χ1) is 12.8. The van der Waals surface area contributed by atoms with Crippen LogP contribution in [0.4, 0.5) is 18.0 Å². The number of ether oxygens (including phenoxy) is 1. The van der Waals surface area contributed by atoms with Crippen molar-refractivity contribution in [3.8, 4) is 5.75 Å². The average Bonchev–Trinajstić information content (AvgIpc) is 2.53. The fraction of sp³-hybridized carbons (Fsp3) is 0.611. The summed E-state index contributed by atoms with van der Waals surface area (Å²) in [5, 5.41) is 21.1. The van der Waals surface area contributed by atoms with Crippen LogP contribution in [0.2, 0.25) is 18.1 Å². The Morgan fingerprint density at radius 3 is 2.36 bits per heavy atom. The molecule has 0 heterocycles. The first-order valence-electron chi connectivity index (χ1n) is 8.78. The van der Waals surface area contributed by atoms with E-state index in [1.165, 1.54) is 6.07 Å². The Hall–Kier alpha value is -1.78. The van der Waals surface area contributed by atoms with Gasteiger partial charge in [-0.3, -0.25) is 0 Å². The highest BCUT2D eigenvalue weighted by Crippen LogP contribution is 2.37. The van der Waals surface area contributed by atoms with Gasteiger partial charge >= 0.3 is 12.7 Å². The average molecular weight is 424 g/mol. The van der Waals surface area contributed by atoms with Crippen molar-refractivity contribution in [2.75, 3.05) is 6.61 Å². The number of hydrogen-bond acceptors (Lipinski definition) is 4. The van der Waals surface area contributed by atoms with Crippen molar-refractivity contribution in [2.24, 2.45) is 0 Å². The largest absolute Gasteiger partial charge is 0.465 e. The number of carbonyl (C=O) groups is 1. The van der Waals surface area contributed by atoms with Crippen LogP contribution in [-0.2, 0) is 10.8 Å². The highest BCUT2D eigenvalue weighted by atomic mass is 28.4. The summed E-state index contributed by atoms with van der Waals surface area (Å²) in [6.45, 7) is 6.28. The Morgan fingerprint density at radius 2 is 1.89 bits per heavy atom. The highest BCUT2D eigenvalue weighted by molar-refractivity contribution is 6.74. The Kier molecular flexibility index (Phi) is 8.33. The van der Waals surface area contributed by atoms with Gasteiger partial charge in [-0.2, -0.15) is 8.78 Å². The Bertz CT molecular complexity index is 667. The normalized spacial score (nSPS) is 14.6. The van der Waals surface area contributed by atoms with Crippen LogP contribution in [0.5, 0.6) is 5.75 Å². The van der Waals surface area contributed by atoms with Crippen molar-refractivity contribution >= 4 is 14.4 Å². The molecule has 160 valence electrons. The summed E-state index contributed by atoms with van der Waals surface area (Å²) < 4.78 is 48.8. The number of nitrogens with one attached hydrogen (secondary N) is 1. The van der Waals surface area contributed by atoms with Crippen molar-refractivity contribution < 1.29 is 37.3 Å². The molecule has 6 nitrogen and oxygen atoms in total. The molecule has 1 aromatic carbocycles. The third kappa shape index (κ3) is 6.99. The Balaban J connectivity index is 3.12. The van der Waals surface area contributed by atoms with E-state index in [9.17, 15) is 23.1 Å². The number of halogens is 3. The van der Waals surface area contributed by atoms with E-state index in [-0.39, 0.29) is 11.5 Å². The van der Waals surface area contributed by atoms with E-state index in [1.54, 1.807) is 0 Å². The molecule has 0 saturated heterocycles. The zero-order valence-electron chi connectivity index (χ0n) is 16.6. The molecule has 2 unspecified atom stereocenters. The van der Waals surface area contributed by atoms with Crippen molar-refractivity contribution in [1.82, 2.24) is 5.32 Å². The summed E-state index contributed by atoms with van der Waals surface area (Å²) >= 11 is 0. The lowest BCUT2D eigenvalue weighted by molar-refractivity contribution is -0.0522. The molecule has 0 bridgehead atoms. The fourth-order valence-electron chi connectivity index (χ4n) is 2.35. The smallest absolute Gasteiger partial charge is 0.404 e. The number of hydrogen-bond donors (Lipinski definition) is 3. The second kappa shape index (κ2) is 9.62. The zero-order chi connectivity index (χ0) is 21.7. The van der Waals surface area contributed by atoms with Crippen LogP contribution >= 0.6 is 0 Å². The molecule has 1 aromatic rings. The van der Waals surface area contributed by atoms with Gasteiger partial charge in [0.2, 0.25) is 0 Å². The molecule has 0 saturated carbocycles. The lowest BCUT2D eigenvalue weighted by Gasteiger charge is -2.41. The van der Waals surface area contributed by atoms with Crippen LogP contribution in [0.1, 0.15) is 26.3 Å². The highest BCUT2D eigenvalue weighted by Gasteiger charge is 2.41. The summed E-state index contributed by atoms with van der Waals surface area (Å²) in [4.78, 5) is 11.2. The molecular formula is C18H28F3NO5Si. The zero-order valence-corrected chi connectivity index (χ0v) is 17.6. The topological polar surface area (TPSA) is 88.0 Å². The Morgan fingerprint density at radius 1 is 1.29 bits per heavy atom. The third-order valence-electron chi connectivity index (χ3n) is 4.86. The first kappa shape index (κ1) is 24.3. The molecule has 1 amide bonds. The molecule has 0 aliphatic carbocycles. The van der Waals surface area contributed by atoms with E-state index < -0.39 is 51.3 Å². The van der Waals surface area contributed by atoms with Gasteiger partial charge < -0.3 is 24.7 Å². The van der Waals surface area contributed by atoms with Gasteiger partial charge in [0.1, 0.15) is 0 Å². The number of aliphatic hydroxyl groups is 1. The monoisotopic (exact) mass is 423 g/mol. The first-order valence-corrected chi connectivity index (χ1v) is 11.7. The van der Waals surface area contributed by atoms with Crippen molar-refractivity contribution in [1.29, 1.82) is 0 Å². The SMILES string of the molecule is CC(C)(C)[Si](C)(C)OC(CO)C(Cc1ccc(F)c(OC(F)F)c1)NC(=O)O. The molecule has 10 heteroatoms. The summed E-state index contributed by atoms with van der Waals surface area (Å²) in [6.07, 6.45) is -2.19. The maximum absolute atomic E-state index is 13.6. The van der Waals surface area contributed by atoms with E-state index in [1.807, 2.05) is 33.9 Å². The summed E-state index contributed by atoms with van der Waals surface area (Å²) in [5.41, 5.74) is 0.355. The van der Waals surface area contributed by atoms with E-state index in [2.05, 4.69) is 10.1 Å². The third-order valence-corrected chi connectivity index (χ3v) is 9.36. The summed E-state index contributed by atoms with van der Waals surface area (Å²) in [5.74, 6) is -1.59. The number of benzene rings is 1. The van der Waals surface area contributed by atoms with E-state index in [0.29, 0.717) is 5.56 Å². The van der Waals surface area contributed by atoms with E-state index >= 15 is 0 Å². The number of aliphatic hydroxyl groups excluding tert-OH is 1. The maximum atomic E-state index is 13.6. The molecule has 0 fully saturated rings. The summed E-state index contributed by atoms with van der Waals surface area (Å²) in [6, 6.07) is 2.51. The van der Waals surface area contributed by atoms with Crippen molar-refractivity contribution in [2.45, 2.75) is 64.1 Å². The number of amides is 1. The second-order valence-electron chi connectivity index (χ2n) is 8.00. The molecule has 0 radical (unpaired) electrons. The minimum Gasteiger partial charge on any atom is -0.465 e. The minimum atomic E-state index is -3.19. The number of rotatable bonds is 9. The molecular weight excluding hydrogens is 395 g/mol. The van der Waals surface area contributed by atoms with Gasteiger partial charge in [-0.15, -0.1) is 0 Å². The molecule has 0 aliphatic rings. The van der Waals surface area contributed by atoms with Crippen molar-refractivity contribution in [3.05, 3.63) is 29.6 Å². The van der Waals surface area contributed by atoms with Crippen LogP contribution in [0, 0.1) is 5.82 Å². The molecule has 0 spiro atoms. The quantitative estimate of drug-likeness (QED) is 0.523. The predicted molar refractivity (Wildman–Crippen MR) is 101 cm³/mol. The van der Waals surface area contributed by atoms with Gasteiger partial charge in [0.05, 0.1) is 18.8 Å². The molecule has 0 aromatic heterocycles. The summed E-state index contributed by atoms with van der Waals surface area (Å²) in [7, 11) is -2.34. The standard InChI is InChI=1S/C18H28F3NO5Si/c1-18(2,3)28(4,5)27-15(10-23)13(22-17(24)25)8-11-6-7-12(19)14(9-11)26-16(20)21/h6-7,9,13,15-16,22-23H,8,10H2,1-5H3,(H,24,25). The van der Waals surface area contributed by atoms with Gasteiger partial charge in [-0.1, -0.05) is 26.8 Å². The van der Waals surface area contributed by atoms with Gasteiger partial charge in [0.25, 0.3) is 0 Å². The van der Waals surface area contributed by atoms with Gasteiger partial charge in [-0.05, 0) is 42.2 Å². The fourth-order valence-corrected chi connectivity index (χ4v) is 3.70. The lowest BCUT2D eigenvalue weighted by Crippen LogP contribution is -2.53. The molecule has 0 aliphatic heterocycles. The molecule has 2 atom stereocenters. The number of carboxylic acid groups (broad SMARTS) is 1. The van der Waals surface area contributed by atoms with Crippen LogP contribution in [0.3, 0.4) is 0 Å².